The van der Waals surface area contributed by atoms with Gasteiger partial charge in [-0.2, -0.15) is 0 Å². The molecule has 2 aliphatic heterocycles. The molecule has 2 aliphatic rings. The third-order valence-electron chi connectivity index (χ3n) is 6.78. The van der Waals surface area contributed by atoms with Crippen LogP contribution in [0.4, 0.5) is 0 Å². The number of alkyl halides is 1. The molecule has 9 heteroatoms. The molecule has 3 aromatic rings. The standard InChI is InChI=1S/C26H26ClN3O5/c1-34-26(33)21-14-19-18-4-2-3-5-20(18)28-23(19)24(30(21)22(31)15-27)16-6-8-17(9-7-16)25(32)29-10-12-35-13-11-29/h2-9,21,24,28H,10-15H2,1H3/t21-,24+/m1/s1. The number of carbonyl (C=O) groups is 3. The number of methoxy groups -OCH3 is 1. The maximum absolute atomic E-state index is 13.1. The fourth-order valence-corrected chi connectivity index (χ4v) is 5.23. The number of halogens is 1. The quantitative estimate of drug-likeness (QED) is 0.444. The fraction of sp³-hybridized carbons (Fsp3) is 0.346. The Labute approximate surface area is 207 Å². The molecule has 182 valence electrons. The van der Waals surface area contributed by atoms with E-state index >= 15 is 0 Å². The van der Waals surface area contributed by atoms with Crippen LogP contribution in [0.1, 0.15) is 33.2 Å². The number of nitrogens with zero attached hydrogens (tertiary/aromatic N) is 2. The molecule has 2 aromatic carbocycles. The molecule has 0 saturated carbocycles. The SMILES string of the molecule is COC(=O)[C@H]1Cc2c([nH]c3ccccc23)[C@H](c2ccc(C(=O)N3CCOCC3)cc2)N1C(=O)CCl. The van der Waals surface area contributed by atoms with Crippen molar-refractivity contribution in [3.63, 3.8) is 0 Å². The average molecular weight is 496 g/mol. The van der Waals surface area contributed by atoms with Gasteiger partial charge in [0.2, 0.25) is 5.91 Å². The van der Waals surface area contributed by atoms with E-state index in [0.717, 1.165) is 27.7 Å². The molecule has 2 atom stereocenters. The zero-order valence-corrected chi connectivity index (χ0v) is 20.1. The van der Waals surface area contributed by atoms with Gasteiger partial charge in [-0.15, -0.1) is 11.6 Å². The zero-order valence-electron chi connectivity index (χ0n) is 19.3. The van der Waals surface area contributed by atoms with E-state index in [9.17, 15) is 14.4 Å². The first-order valence-electron chi connectivity index (χ1n) is 11.5. The lowest BCUT2D eigenvalue weighted by atomic mass is 9.87. The van der Waals surface area contributed by atoms with Crippen molar-refractivity contribution in [2.24, 2.45) is 0 Å². The van der Waals surface area contributed by atoms with Crippen LogP contribution in [0.25, 0.3) is 10.9 Å². The smallest absolute Gasteiger partial charge is 0.328 e. The van der Waals surface area contributed by atoms with E-state index in [1.807, 2.05) is 36.4 Å². The van der Waals surface area contributed by atoms with Crippen LogP contribution < -0.4 is 0 Å². The monoisotopic (exact) mass is 495 g/mol. The van der Waals surface area contributed by atoms with Gasteiger partial charge in [0, 0.05) is 41.7 Å². The molecule has 1 saturated heterocycles. The van der Waals surface area contributed by atoms with Gasteiger partial charge in [0.25, 0.3) is 5.91 Å². The molecule has 35 heavy (non-hydrogen) atoms. The van der Waals surface area contributed by atoms with Crippen molar-refractivity contribution in [2.75, 3.05) is 39.3 Å². The van der Waals surface area contributed by atoms with Gasteiger partial charge in [-0.1, -0.05) is 30.3 Å². The number of amides is 2. The molecule has 0 radical (unpaired) electrons. The summed E-state index contributed by atoms with van der Waals surface area (Å²) in [5.41, 5.74) is 4.04. The first-order chi connectivity index (χ1) is 17.0. The van der Waals surface area contributed by atoms with Crippen molar-refractivity contribution in [2.45, 2.75) is 18.5 Å². The molecule has 8 nitrogen and oxygen atoms in total. The van der Waals surface area contributed by atoms with E-state index in [0.29, 0.717) is 38.3 Å². The number of nitrogens with one attached hydrogen (secondary N) is 1. The van der Waals surface area contributed by atoms with Crippen LogP contribution in [0, 0.1) is 0 Å². The largest absolute Gasteiger partial charge is 0.467 e. The van der Waals surface area contributed by atoms with E-state index in [4.69, 9.17) is 21.1 Å². The van der Waals surface area contributed by atoms with E-state index in [1.54, 1.807) is 17.0 Å². The lowest BCUT2D eigenvalue weighted by molar-refractivity contribution is -0.154. The van der Waals surface area contributed by atoms with E-state index in [1.165, 1.54) is 12.0 Å². The van der Waals surface area contributed by atoms with Gasteiger partial charge < -0.3 is 24.3 Å². The van der Waals surface area contributed by atoms with Gasteiger partial charge in [0.15, 0.2) is 0 Å². The van der Waals surface area contributed by atoms with Gasteiger partial charge in [-0.25, -0.2) is 4.79 Å². The van der Waals surface area contributed by atoms with Crippen LogP contribution in [-0.4, -0.2) is 77.9 Å². The fourth-order valence-electron chi connectivity index (χ4n) is 5.09. The minimum absolute atomic E-state index is 0.0593. The number of para-hydroxylation sites is 1. The summed E-state index contributed by atoms with van der Waals surface area (Å²) in [4.78, 5) is 45.6. The van der Waals surface area contributed by atoms with E-state index in [-0.39, 0.29) is 17.7 Å². The second-order valence-electron chi connectivity index (χ2n) is 8.67. The predicted molar refractivity (Wildman–Crippen MR) is 130 cm³/mol. The number of ether oxygens (including phenoxy) is 2. The Kier molecular flexibility index (Phi) is 6.49. The molecule has 0 spiro atoms. The summed E-state index contributed by atoms with van der Waals surface area (Å²) in [6, 6.07) is 13.6. The molecular formula is C26H26ClN3O5. The number of H-pyrrole nitrogens is 1. The Morgan fingerprint density at radius 3 is 2.49 bits per heavy atom. The Morgan fingerprint density at radius 1 is 1.09 bits per heavy atom. The van der Waals surface area contributed by atoms with Crippen molar-refractivity contribution in [3.8, 4) is 0 Å². The number of hydrogen-bond donors (Lipinski definition) is 1. The molecular weight excluding hydrogens is 470 g/mol. The number of esters is 1. The molecule has 5 rings (SSSR count). The molecule has 1 N–H and O–H groups in total. The third kappa shape index (κ3) is 4.17. The number of aromatic amines is 1. The van der Waals surface area contributed by atoms with Crippen LogP contribution in [0.3, 0.4) is 0 Å². The van der Waals surface area contributed by atoms with Crippen LogP contribution in [0.5, 0.6) is 0 Å². The zero-order chi connectivity index (χ0) is 24.5. The van der Waals surface area contributed by atoms with Crippen LogP contribution in [-0.2, 0) is 25.5 Å². The lowest BCUT2D eigenvalue weighted by Crippen LogP contribution is -2.52. The maximum atomic E-state index is 13.1. The molecule has 2 amide bonds. The summed E-state index contributed by atoms with van der Waals surface area (Å²) in [5.74, 6) is -1.20. The van der Waals surface area contributed by atoms with Gasteiger partial charge in [0.05, 0.1) is 26.4 Å². The Balaban J connectivity index is 1.59. The predicted octanol–water partition coefficient (Wildman–Crippen LogP) is 2.89. The number of carbonyl (C=O) groups excluding carboxylic acids is 3. The number of morpholine rings is 1. The van der Waals surface area contributed by atoms with E-state index in [2.05, 4.69) is 4.98 Å². The summed E-state index contributed by atoms with van der Waals surface area (Å²) in [5, 5.41) is 0.999. The third-order valence-corrected chi connectivity index (χ3v) is 7.01. The average Bonchev–Trinajstić information content (AvgIpc) is 3.29. The molecule has 0 unspecified atom stereocenters. The topological polar surface area (TPSA) is 91.9 Å². The summed E-state index contributed by atoms with van der Waals surface area (Å²) in [6.45, 7) is 2.17. The summed E-state index contributed by atoms with van der Waals surface area (Å²) >= 11 is 6.00. The number of hydrogen-bond acceptors (Lipinski definition) is 5. The van der Waals surface area contributed by atoms with Crippen LogP contribution in [0.2, 0.25) is 0 Å². The number of fused-ring (bicyclic) bond motifs is 3. The van der Waals surface area contributed by atoms with Gasteiger partial charge >= 0.3 is 5.97 Å². The minimum atomic E-state index is -0.822. The number of rotatable bonds is 4. The van der Waals surface area contributed by atoms with E-state index < -0.39 is 18.1 Å². The van der Waals surface area contributed by atoms with Gasteiger partial charge in [-0.05, 0) is 29.3 Å². The Hall–Kier alpha value is -3.36. The second-order valence-corrected chi connectivity index (χ2v) is 8.94. The Bertz CT molecular complexity index is 1270. The molecule has 0 bridgehead atoms. The molecule has 1 fully saturated rings. The molecule has 3 heterocycles. The Morgan fingerprint density at radius 2 is 1.80 bits per heavy atom. The van der Waals surface area contributed by atoms with Crippen LogP contribution in [0.15, 0.2) is 48.5 Å². The summed E-state index contributed by atoms with van der Waals surface area (Å²) in [7, 11) is 1.32. The number of benzene rings is 2. The minimum Gasteiger partial charge on any atom is -0.467 e. The van der Waals surface area contributed by atoms with Gasteiger partial charge in [-0.3, -0.25) is 9.59 Å². The van der Waals surface area contributed by atoms with Crippen molar-refractivity contribution in [1.29, 1.82) is 0 Å². The normalized spacial score (nSPS) is 19.9. The first-order valence-corrected chi connectivity index (χ1v) is 12.1. The first kappa shape index (κ1) is 23.4. The van der Waals surface area contributed by atoms with Gasteiger partial charge in [0.1, 0.15) is 11.9 Å². The number of aromatic nitrogens is 1. The second kappa shape index (κ2) is 9.71. The van der Waals surface area contributed by atoms with Crippen LogP contribution >= 0.6 is 11.6 Å². The highest BCUT2D eigenvalue weighted by atomic mass is 35.5. The highest BCUT2D eigenvalue weighted by Crippen LogP contribution is 2.41. The van der Waals surface area contributed by atoms with Crippen molar-refractivity contribution < 1.29 is 23.9 Å². The highest BCUT2D eigenvalue weighted by Gasteiger charge is 2.43. The molecule has 0 aliphatic carbocycles. The van der Waals surface area contributed by atoms with Crippen molar-refractivity contribution in [3.05, 3.63) is 70.9 Å². The highest BCUT2D eigenvalue weighted by molar-refractivity contribution is 6.27. The summed E-state index contributed by atoms with van der Waals surface area (Å²) < 4.78 is 10.4. The lowest BCUT2D eigenvalue weighted by Gasteiger charge is -2.40. The maximum Gasteiger partial charge on any atom is 0.328 e. The summed E-state index contributed by atoms with van der Waals surface area (Å²) in [6.07, 6.45) is 0.318. The van der Waals surface area contributed by atoms with Crippen molar-refractivity contribution in [1.82, 2.24) is 14.8 Å². The molecule has 1 aromatic heterocycles. The van der Waals surface area contributed by atoms with Crippen molar-refractivity contribution >= 4 is 40.3 Å².